The molecule has 0 bridgehead atoms. The van der Waals surface area contributed by atoms with E-state index >= 15 is 0 Å². The van der Waals surface area contributed by atoms with Gasteiger partial charge in [0.25, 0.3) is 0 Å². The molecule has 6 nitrogen and oxygen atoms in total. The summed E-state index contributed by atoms with van der Waals surface area (Å²) in [7, 11) is 0. The van der Waals surface area contributed by atoms with Gasteiger partial charge >= 0.3 is 17.9 Å². The van der Waals surface area contributed by atoms with Crippen molar-refractivity contribution in [2.75, 3.05) is 13.2 Å². The highest BCUT2D eigenvalue weighted by atomic mass is 16.6. The van der Waals surface area contributed by atoms with Gasteiger partial charge in [-0.1, -0.05) is 244 Å². The topological polar surface area (TPSA) is 78.9 Å². The number of carbonyl (C=O) groups excluding carboxylic acids is 3. The molecule has 0 saturated carbocycles. The minimum atomic E-state index is -0.812. The van der Waals surface area contributed by atoms with Crippen LogP contribution >= 0.6 is 0 Å². The van der Waals surface area contributed by atoms with Crippen LogP contribution in [-0.4, -0.2) is 37.2 Å². The molecule has 0 aliphatic carbocycles. The zero-order valence-corrected chi connectivity index (χ0v) is 46.1. The molecule has 0 N–H and O–H groups in total. The third-order valence-electron chi connectivity index (χ3n) is 11.6. The van der Waals surface area contributed by atoms with E-state index in [1.165, 1.54) is 57.8 Å². The summed E-state index contributed by atoms with van der Waals surface area (Å²) in [6.45, 7) is 6.28. The van der Waals surface area contributed by atoms with Crippen molar-refractivity contribution in [3.05, 3.63) is 146 Å². The summed E-state index contributed by atoms with van der Waals surface area (Å²) in [6, 6.07) is 0. The van der Waals surface area contributed by atoms with Crippen LogP contribution in [-0.2, 0) is 28.6 Å². The Hall–Kier alpha value is -4.71. The second-order valence-electron chi connectivity index (χ2n) is 18.4. The van der Waals surface area contributed by atoms with Crippen molar-refractivity contribution >= 4 is 17.9 Å². The molecule has 0 aromatic heterocycles. The van der Waals surface area contributed by atoms with Gasteiger partial charge in [0.05, 0.1) is 0 Å². The monoisotopic (exact) mass is 993 g/mol. The third-order valence-corrected chi connectivity index (χ3v) is 11.6. The minimum Gasteiger partial charge on any atom is -0.462 e. The van der Waals surface area contributed by atoms with Crippen molar-refractivity contribution in [2.24, 2.45) is 0 Å². The SMILES string of the molecule is CC/C=C\C/C=C\C/C=C\C/C=C\C/C=C\C/C=C\C/C=C\CCCCCCCCCCCC(=O)OCC(COC(=O)CCCCCCCC)OC(=O)CCC/C=C\C/C=C\C/C=C\C/C=C\C/C=C\CC. The summed E-state index contributed by atoms with van der Waals surface area (Å²) in [5.41, 5.74) is 0. The van der Waals surface area contributed by atoms with Crippen LogP contribution in [0, 0.1) is 0 Å². The lowest BCUT2D eigenvalue weighted by Gasteiger charge is -2.18. The normalized spacial score (nSPS) is 13.2. The van der Waals surface area contributed by atoms with Gasteiger partial charge in [0.2, 0.25) is 0 Å². The van der Waals surface area contributed by atoms with Crippen LogP contribution in [0.1, 0.15) is 233 Å². The zero-order chi connectivity index (χ0) is 52.2. The molecule has 0 aromatic rings. The van der Waals surface area contributed by atoms with Crippen LogP contribution < -0.4 is 0 Å². The molecule has 0 rings (SSSR count). The van der Waals surface area contributed by atoms with E-state index < -0.39 is 6.10 Å². The van der Waals surface area contributed by atoms with Crippen molar-refractivity contribution in [2.45, 2.75) is 239 Å². The number of rotatable bonds is 50. The highest BCUT2D eigenvalue weighted by Gasteiger charge is 2.19. The number of carbonyl (C=O) groups is 3. The fourth-order valence-corrected chi connectivity index (χ4v) is 7.34. The van der Waals surface area contributed by atoms with Gasteiger partial charge in [-0.05, 0) is 116 Å². The van der Waals surface area contributed by atoms with Gasteiger partial charge in [0, 0.05) is 19.3 Å². The number of ether oxygens (including phenoxy) is 3. The molecule has 1 unspecified atom stereocenters. The van der Waals surface area contributed by atoms with Gasteiger partial charge in [-0.15, -0.1) is 0 Å². The fourth-order valence-electron chi connectivity index (χ4n) is 7.34. The maximum absolute atomic E-state index is 12.8. The van der Waals surface area contributed by atoms with Gasteiger partial charge in [0.15, 0.2) is 6.10 Å². The lowest BCUT2D eigenvalue weighted by Crippen LogP contribution is -2.30. The quantitative estimate of drug-likeness (QED) is 0.0261. The van der Waals surface area contributed by atoms with Gasteiger partial charge in [-0.25, -0.2) is 0 Å². The average molecular weight is 994 g/mol. The number of hydrogen-bond donors (Lipinski definition) is 0. The average Bonchev–Trinajstić information content (AvgIpc) is 3.38. The second kappa shape index (κ2) is 58.9. The minimum absolute atomic E-state index is 0.107. The molecular formula is C66H104O6. The highest BCUT2D eigenvalue weighted by Crippen LogP contribution is 2.13. The van der Waals surface area contributed by atoms with Crippen molar-refractivity contribution in [3.8, 4) is 0 Å². The van der Waals surface area contributed by atoms with E-state index in [1.807, 2.05) is 0 Å². The number of unbranched alkanes of at least 4 members (excludes halogenated alkanes) is 15. The predicted molar refractivity (Wildman–Crippen MR) is 311 cm³/mol. The Morgan fingerprint density at radius 2 is 0.556 bits per heavy atom. The number of allylic oxidation sites excluding steroid dienone is 24. The molecule has 0 aromatic carbocycles. The molecule has 404 valence electrons. The highest BCUT2D eigenvalue weighted by molar-refractivity contribution is 5.71. The van der Waals surface area contributed by atoms with Crippen molar-refractivity contribution in [3.63, 3.8) is 0 Å². The molecular weight excluding hydrogens is 889 g/mol. The second-order valence-corrected chi connectivity index (χ2v) is 18.4. The van der Waals surface area contributed by atoms with Crippen LogP contribution in [0.5, 0.6) is 0 Å². The molecule has 6 heteroatoms. The maximum Gasteiger partial charge on any atom is 0.306 e. The molecule has 0 amide bonds. The van der Waals surface area contributed by atoms with Crippen LogP contribution in [0.4, 0.5) is 0 Å². The number of hydrogen-bond acceptors (Lipinski definition) is 6. The summed E-state index contributed by atoms with van der Waals surface area (Å²) in [6.07, 6.45) is 84.5. The standard InChI is InChI=1S/C66H104O6/c1-4-7-10-13-16-18-20-22-24-26-27-28-29-30-31-32-33-34-35-36-37-38-39-41-42-44-46-48-50-53-56-59-65(68)71-62-63(61-70-64(67)58-55-52-15-12-9-6-3)72-66(69)60-57-54-51-49-47-45-43-40-25-23-21-19-17-14-11-8-5-2/h7-8,10-11,16-19,22-25,27-28,30-31,33-34,36-37,43,45,49,51,63H,4-6,9,12-15,20-21,26,29,32,35,38-42,44,46-48,50,52-62H2,1-3H3/b10-7-,11-8-,18-16-,19-17-,24-22-,25-23-,28-27-,31-30-,34-33-,37-36-,45-43-,51-49-. The van der Waals surface area contributed by atoms with Crippen LogP contribution in [0.25, 0.3) is 0 Å². The van der Waals surface area contributed by atoms with Crippen LogP contribution in [0.15, 0.2) is 146 Å². The Morgan fingerprint density at radius 3 is 0.889 bits per heavy atom. The first-order valence-corrected chi connectivity index (χ1v) is 28.8. The van der Waals surface area contributed by atoms with E-state index in [2.05, 4.69) is 167 Å². The largest absolute Gasteiger partial charge is 0.462 e. The first-order valence-electron chi connectivity index (χ1n) is 28.8. The molecule has 1 atom stereocenters. The molecule has 0 saturated heterocycles. The Morgan fingerprint density at radius 1 is 0.292 bits per heavy atom. The molecule has 0 aliphatic rings. The van der Waals surface area contributed by atoms with E-state index in [-0.39, 0.29) is 37.5 Å². The summed E-state index contributed by atoms with van der Waals surface area (Å²) in [5, 5.41) is 0. The number of esters is 3. The predicted octanol–water partition coefficient (Wildman–Crippen LogP) is 19.6. The van der Waals surface area contributed by atoms with E-state index in [1.54, 1.807) is 0 Å². The molecule has 0 aliphatic heterocycles. The molecule has 0 fully saturated rings. The summed E-state index contributed by atoms with van der Waals surface area (Å²) < 4.78 is 16.7. The summed E-state index contributed by atoms with van der Waals surface area (Å²) in [5.74, 6) is -0.990. The third kappa shape index (κ3) is 56.2. The zero-order valence-electron chi connectivity index (χ0n) is 46.1. The lowest BCUT2D eigenvalue weighted by molar-refractivity contribution is -0.167. The smallest absolute Gasteiger partial charge is 0.306 e. The Balaban J connectivity index is 4.20. The van der Waals surface area contributed by atoms with Gasteiger partial charge in [-0.2, -0.15) is 0 Å². The molecule has 0 heterocycles. The Labute approximate surface area is 442 Å². The first-order chi connectivity index (χ1) is 35.5. The van der Waals surface area contributed by atoms with Crippen molar-refractivity contribution < 1.29 is 28.6 Å². The van der Waals surface area contributed by atoms with E-state index in [9.17, 15) is 14.4 Å². The molecule has 0 radical (unpaired) electrons. The van der Waals surface area contributed by atoms with Gasteiger partial charge in [-0.3, -0.25) is 14.4 Å². The first kappa shape index (κ1) is 67.3. The fraction of sp³-hybridized carbons (Fsp3) is 0.591. The van der Waals surface area contributed by atoms with Crippen LogP contribution in [0.3, 0.4) is 0 Å². The Bertz CT molecular complexity index is 1610. The van der Waals surface area contributed by atoms with E-state index in [4.69, 9.17) is 14.2 Å². The lowest BCUT2D eigenvalue weighted by atomic mass is 10.1. The van der Waals surface area contributed by atoms with E-state index in [0.29, 0.717) is 19.3 Å². The van der Waals surface area contributed by atoms with Crippen molar-refractivity contribution in [1.82, 2.24) is 0 Å². The summed E-state index contributed by atoms with van der Waals surface area (Å²) >= 11 is 0. The van der Waals surface area contributed by atoms with Gasteiger partial charge < -0.3 is 14.2 Å². The van der Waals surface area contributed by atoms with Crippen molar-refractivity contribution in [1.29, 1.82) is 0 Å². The van der Waals surface area contributed by atoms with E-state index in [0.717, 1.165) is 128 Å². The van der Waals surface area contributed by atoms with Gasteiger partial charge in [0.1, 0.15) is 13.2 Å². The Kier molecular flexibility index (Phi) is 55.0. The molecule has 72 heavy (non-hydrogen) atoms. The summed E-state index contributed by atoms with van der Waals surface area (Å²) in [4.78, 5) is 37.8. The van der Waals surface area contributed by atoms with Crippen LogP contribution in [0.2, 0.25) is 0 Å². The maximum atomic E-state index is 12.8. The molecule has 0 spiro atoms.